The molecule has 2 aromatic rings. The summed E-state index contributed by atoms with van der Waals surface area (Å²) in [6.45, 7) is 1.45. The average Bonchev–Trinajstić information content (AvgIpc) is 3.14. The highest BCUT2D eigenvalue weighted by Crippen LogP contribution is 2.32. The van der Waals surface area contributed by atoms with Gasteiger partial charge in [-0.15, -0.1) is 11.8 Å². The number of likely N-dealkylation sites (tertiary alicyclic amines) is 1. The van der Waals surface area contributed by atoms with Crippen LogP contribution in [0.25, 0.3) is 0 Å². The maximum Gasteiger partial charge on any atom is 0.283 e. The molecule has 1 aromatic carbocycles. The van der Waals surface area contributed by atoms with Gasteiger partial charge in [0.15, 0.2) is 0 Å². The Kier molecular flexibility index (Phi) is 5.10. The van der Waals surface area contributed by atoms with Crippen molar-refractivity contribution in [3.05, 3.63) is 64.0 Å². The highest BCUT2D eigenvalue weighted by Gasteiger charge is 2.23. The maximum absolute atomic E-state index is 12.4. The molecular formula is C17H17N3O3S. The van der Waals surface area contributed by atoms with Crippen LogP contribution in [-0.2, 0) is 5.75 Å². The average molecular weight is 343 g/mol. The summed E-state index contributed by atoms with van der Waals surface area (Å²) >= 11 is 1.37. The zero-order valence-corrected chi connectivity index (χ0v) is 13.9. The van der Waals surface area contributed by atoms with Crippen molar-refractivity contribution in [1.29, 1.82) is 0 Å². The number of carbonyl (C=O) groups excluding carboxylic acids is 1. The molecule has 0 atom stereocenters. The first-order valence-electron chi connectivity index (χ1n) is 7.74. The molecule has 1 aliphatic heterocycles. The third-order valence-corrected chi connectivity index (χ3v) is 5.05. The van der Waals surface area contributed by atoms with E-state index in [0.29, 0.717) is 16.2 Å². The molecule has 0 bridgehead atoms. The lowest BCUT2D eigenvalue weighted by Gasteiger charge is -2.15. The number of carbonyl (C=O) groups is 1. The highest BCUT2D eigenvalue weighted by molar-refractivity contribution is 7.98. The predicted molar refractivity (Wildman–Crippen MR) is 92.0 cm³/mol. The fraction of sp³-hybridized carbons (Fsp3) is 0.294. The van der Waals surface area contributed by atoms with Crippen LogP contribution in [0.4, 0.5) is 5.69 Å². The number of pyridine rings is 1. The van der Waals surface area contributed by atoms with Crippen LogP contribution >= 0.6 is 11.8 Å². The molecule has 6 nitrogen and oxygen atoms in total. The Morgan fingerprint density at radius 3 is 2.75 bits per heavy atom. The van der Waals surface area contributed by atoms with E-state index in [0.717, 1.165) is 31.5 Å². The molecule has 24 heavy (non-hydrogen) atoms. The van der Waals surface area contributed by atoms with Crippen LogP contribution in [0.1, 0.15) is 28.8 Å². The predicted octanol–water partition coefficient (Wildman–Crippen LogP) is 3.52. The van der Waals surface area contributed by atoms with Gasteiger partial charge in [-0.1, -0.05) is 6.07 Å². The fourth-order valence-electron chi connectivity index (χ4n) is 2.66. The number of benzene rings is 1. The molecule has 0 radical (unpaired) electrons. The molecule has 1 saturated heterocycles. The summed E-state index contributed by atoms with van der Waals surface area (Å²) < 4.78 is 0. The van der Waals surface area contributed by atoms with E-state index in [4.69, 9.17) is 0 Å². The number of hydrogen-bond donors (Lipinski definition) is 0. The first-order valence-corrected chi connectivity index (χ1v) is 8.73. The SMILES string of the molecule is O=C(c1ccc(SCc2cccnc2)c([N+](=O)[O-])c1)N1CCCC1. The minimum atomic E-state index is -0.424. The Morgan fingerprint density at radius 2 is 2.08 bits per heavy atom. The van der Waals surface area contributed by atoms with Crippen molar-refractivity contribution in [3.8, 4) is 0 Å². The van der Waals surface area contributed by atoms with Gasteiger partial charge in [-0.25, -0.2) is 0 Å². The summed E-state index contributed by atoms with van der Waals surface area (Å²) in [6, 6.07) is 8.51. The van der Waals surface area contributed by atoms with Crippen LogP contribution < -0.4 is 0 Å². The Morgan fingerprint density at radius 1 is 1.29 bits per heavy atom. The Bertz CT molecular complexity index is 746. The minimum Gasteiger partial charge on any atom is -0.339 e. The lowest BCUT2D eigenvalue weighted by atomic mass is 10.2. The largest absolute Gasteiger partial charge is 0.339 e. The Hall–Kier alpha value is -2.41. The fourth-order valence-corrected chi connectivity index (χ4v) is 3.60. The third-order valence-electron chi connectivity index (χ3n) is 3.91. The quantitative estimate of drug-likeness (QED) is 0.472. The van der Waals surface area contributed by atoms with E-state index in [1.54, 1.807) is 29.4 Å². The number of thioether (sulfide) groups is 1. The topological polar surface area (TPSA) is 76.3 Å². The summed E-state index contributed by atoms with van der Waals surface area (Å²) in [6.07, 6.45) is 5.42. The summed E-state index contributed by atoms with van der Waals surface area (Å²) in [7, 11) is 0. The highest BCUT2D eigenvalue weighted by atomic mass is 32.2. The smallest absolute Gasteiger partial charge is 0.283 e. The molecular weight excluding hydrogens is 326 g/mol. The summed E-state index contributed by atoms with van der Waals surface area (Å²) in [5.41, 5.74) is 1.36. The number of nitro benzene ring substituents is 1. The van der Waals surface area contributed by atoms with Crippen molar-refractivity contribution < 1.29 is 9.72 Å². The van der Waals surface area contributed by atoms with E-state index in [-0.39, 0.29) is 11.6 Å². The van der Waals surface area contributed by atoms with Crippen LogP contribution in [0, 0.1) is 10.1 Å². The van der Waals surface area contributed by atoms with Crippen LogP contribution in [0.15, 0.2) is 47.6 Å². The number of rotatable bonds is 5. The number of amides is 1. The minimum absolute atomic E-state index is 0.0195. The van der Waals surface area contributed by atoms with Crippen molar-refractivity contribution in [2.45, 2.75) is 23.5 Å². The van der Waals surface area contributed by atoms with Gasteiger partial charge < -0.3 is 4.90 Å². The molecule has 2 heterocycles. The monoisotopic (exact) mass is 343 g/mol. The zero-order valence-electron chi connectivity index (χ0n) is 13.1. The second-order valence-electron chi connectivity index (χ2n) is 5.59. The molecule has 0 N–H and O–H groups in total. The van der Waals surface area contributed by atoms with Gasteiger partial charge >= 0.3 is 0 Å². The molecule has 1 aliphatic rings. The van der Waals surface area contributed by atoms with Crippen LogP contribution in [-0.4, -0.2) is 33.8 Å². The second kappa shape index (κ2) is 7.44. The van der Waals surface area contributed by atoms with Gasteiger partial charge in [-0.05, 0) is 36.6 Å². The number of hydrogen-bond acceptors (Lipinski definition) is 5. The standard InChI is InChI=1S/C17H17N3O3S/c21-17(19-8-1-2-9-19)14-5-6-16(15(10-14)20(22)23)24-12-13-4-3-7-18-11-13/h3-7,10-11H,1-2,8-9,12H2. The van der Waals surface area contributed by atoms with E-state index >= 15 is 0 Å². The number of nitro groups is 1. The molecule has 1 fully saturated rings. The first kappa shape index (κ1) is 16.4. The zero-order chi connectivity index (χ0) is 16.9. The van der Waals surface area contributed by atoms with E-state index in [9.17, 15) is 14.9 Å². The van der Waals surface area contributed by atoms with Gasteiger partial charge in [-0.2, -0.15) is 0 Å². The Labute approximate surface area is 144 Å². The molecule has 0 aliphatic carbocycles. The van der Waals surface area contributed by atoms with Gasteiger partial charge in [-0.3, -0.25) is 19.9 Å². The van der Waals surface area contributed by atoms with Gasteiger partial charge in [0.2, 0.25) is 0 Å². The second-order valence-corrected chi connectivity index (χ2v) is 6.61. The number of aromatic nitrogens is 1. The Balaban J connectivity index is 1.79. The van der Waals surface area contributed by atoms with Crippen molar-refractivity contribution in [1.82, 2.24) is 9.88 Å². The van der Waals surface area contributed by atoms with Crippen LogP contribution in [0.5, 0.6) is 0 Å². The molecule has 124 valence electrons. The van der Waals surface area contributed by atoms with E-state index < -0.39 is 4.92 Å². The van der Waals surface area contributed by atoms with Crippen molar-refractivity contribution in [2.75, 3.05) is 13.1 Å². The van der Waals surface area contributed by atoms with Crippen molar-refractivity contribution >= 4 is 23.4 Å². The summed E-state index contributed by atoms with van der Waals surface area (Å²) in [5.74, 6) is 0.466. The van der Waals surface area contributed by atoms with Gasteiger partial charge in [0.05, 0.1) is 9.82 Å². The summed E-state index contributed by atoms with van der Waals surface area (Å²) in [4.78, 5) is 29.7. The molecule has 1 amide bonds. The van der Waals surface area contributed by atoms with E-state index in [2.05, 4.69) is 4.98 Å². The summed E-state index contributed by atoms with van der Waals surface area (Å²) in [5, 5.41) is 11.4. The molecule has 0 unspecified atom stereocenters. The first-order chi connectivity index (χ1) is 11.6. The third kappa shape index (κ3) is 3.73. The molecule has 0 spiro atoms. The van der Waals surface area contributed by atoms with E-state index in [1.165, 1.54) is 17.8 Å². The molecule has 0 saturated carbocycles. The van der Waals surface area contributed by atoms with Gasteiger partial charge in [0.25, 0.3) is 11.6 Å². The molecule has 7 heteroatoms. The molecule has 3 rings (SSSR count). The van der Waals surface area contributed by atoms with Crippen molar-refractivity contribution in [2.24, 2.45) is 0 Å². The lowest BCUT2D eigenvalue weighted by Crippen LogP contribution is -2.27. The van der Waals surface area contributed by atoms with Crippen molar-refractivity contribution in [3.63, 3.8) is 0 Å². The van der Waals surface area contributed by atoms with E-state index in [1.807, 2.05) is 12.1 Å². The van der Waals surface area contributed by atoms with Gasteiger partial charge in [0.1, 0.15) is 0 Å². The lowest BCUT2D eigenvalue weighted by molar-refractivity contribution is -0.387. The van der Waals surface area contributed by atoms with Gasteiger partial charge in [0, 0.05) is 42.9 Å². The molecule has 1 aromatic heterocycles. The van der Waals surface area contributed by atoms with Crippen LogP contribution in [0.3, 0.4) is 0 Å². The maximum atomic E-state index is 12.4. The van der Waals surface area contributed by atoms with Crippen LogP contribution in [0.2, 0.25) is 0 Å². The normalized spacial score (nSPS) is 13.9. The number of nitrogens with zero attached hydrogens (tertiary/aromatic N) is 3.